The molecule has 50 valence electrons. The molecule has 0 aromatic carbocycles. The molecule has 9 heavy (non-hydrogen) atoms. The van der Waals surface area contributed by atoms with Gasteiger partial charge in [0.2, 0.25) is 0 Å². The van der Waals surface area contributed by atoms with Crippen LogP contribution in [0.2, 0.25) is 0 Å². The van der Waals surface area contributed by atoms with E-state index >= 15 is 0 Å². The highest BCUT2D eigenvalue weighted by Gasteiger charge is 1.99. The van der Waals surface area contributed by atoms with E-state index < -0.39 is 0 Å². The second-order valence-electron chi connectivity index (χ2n) is 2.21. The Morgan fingerprint density at radius 2 is 2.11 bits per heavy atom. The summed E-state index contributed by atoms with van der Waals surface area (Å²) in [6, 6.07) is 0. The van der Waals surface area contributed by atoms with Crippen LogP contribution in [-0.2, 0) is 4.74 Å². The van der Waals surface area contributed by atoms with Crippen molar-refractivity contribution in [3.05, 3.63) is 24.3 Å². The monoisotopic (exact) mass is 124 g/mol. The second kappa shape index (κ2) is 3.46. The third-order valence-corrected chi connectivity index (χ3v) is 1.40. The fourth-order valence-electron chi connectivity index (χ4n) is 0.953. The first-order valence-electron chi connectivity index (χ1n) is 3.26. The van der Waals surface area contributed by atoms with Gasteiger partial charge in [0.25, 0.3) is 0 Å². The number of ether oxygens (including phenoxy) is 1. The zero-order valence-corrected chi connectivity index (χ0v) is 5.71. The first kappa shape index (κ1) is 6.56. The lowest BCUT2D eigenvalue weighted by Crippen LogP contribution is -2.02. The van der Waals surface area contributed by atoms with Gasteiger partial charge in [0.15, 0.2) is 0 Å². The van der Waals surface area contributed by atoms with Crippen LogP contribution < -0.4 is 0 Å². The minimum Gasteiger partial charge on any atom is -0.384 e. The van der Waals surface area contributed by atoms with Gasteiger partial charge in [-0.05, 0) is 6.42 Å². The van der Waals surface area contributed by atoms with Crippen molar-refractivity contribution < 1.29 is 4.74 Å². The average molecular weight is 124 g/mol. The van der Waals surface area contributed by atoms with Crippen molar-refractivity contribution in [2.24, 2.45) is 5.92 Å². The highest BCUT2D eigenvalue weighted by Crippen LogP contribution is 2.08. The van der Waals surface area contributed by atoms with Gasteiger partial charge in [-0.1, -0.05) is 24.3 Å². The summed E-state index contributed by atoms with van der Waals surface area (Å²) in [5.74, 6) is 0.517. The van der Waals surface area contributed by atoms with Gasteiger partial charge in [-0.2, -0.15) is 0 Å². The van der Waals surface area contributed by atoms with E-state index in [-0.39, 0.29) is 0 Å². The molecule has 0 N–H and O–H groups in total. The van der Waals surface area contributed by atoms with E-state index in [2.05, 4.69) is 24.3 Å². The van der Waals surface area contributed by atoms with Crippen molar-refractivity contribution in [2.75, 3.05) is 13.7 Å². The molecule has 1 heteroatoms. The van der Waals surface area contributed by atoms with Crippen LogP contribution in [0.3, 0.4) is 0 Å². The van der Waals surface area contributed by atoms with Crippen molar-refractivity contribution in [1.82, 2.24) is 0 Å². The van der Waals surface area contributed by atoms with Crippen LogP contribution in [0.1, 0.15) is 6.42 Å². The summed E-state index contributed by atoms with van der Waals surface area (Å²) in [6.45, 7) is 0.812. The predicted molar refractivity (Wildman–Crippen MR) is 38.3 cm³/mol. The summed E-state index contributed by atoms with van der Waals surface area (Å²) in [5.41, 5.74) is 0. The number of methoxy groups -OCH3 is 1. The van der Waals surface area contributed by atoms with Gasteiger partial charge < -0.3 is 4.74 Å². The van der Waals surface area contributed by atoms with E-state index in [1.165, 1.54) is 0 Å². The highest BCUT2D eigenvalue weighted by molar-refractivity contribution is 5.08. The van der Waals surface area contributed by atoms with E-state index in [4.69, 9.17) is 4.74 Å². The molecule has 0 spiro atoms. The molecule has 1 nitrogen and oxygen atoms in total. The summed E-state index contributed by atoms with van der Waals surface area (Å²) in [5, 5.41) is 0. The van der Waals surface area contributed by atoms with E-state index in [9.17, 15) is 0 Å². The highest BCUT2D eigenvalue weighted by atomic mass is 16.5. The van der Waals surface area contributed by atoms with E-state index in [0.29, 0.717) is 5.92 Å². The van der Waals surface area contributed by atoms with Crippen molar-refractivity contribution in [3.63, 3.8) is 0 Å². The molecule has 0 radical (unpaired) electrons. The molecule has 1 rings (SSSR count). The Hall–Kier alpha value is -0.560. The Kier molecular flexibility index (Phi) is 2.52. The summed E-state index contributed by atoms with van der Waals surface area (Å²) >= 11 is 0. The lowest BCUT2D eigenvalue weighted by Gasteiger charge is -2.07. The van der Waals surface area contributed by atoms with Gasteiger partial charge in [-0.15, -0.1) is 0 Å². The number of hydrogen-bond donors (Lipinski definition) is 0. The first-order valence-corrected chi connectivity index (χ1v) is 3.26. The molecule has 1 aliphatic rings. The zero-order valence-electron chi connectivity index (χ0n) is 5.71. The average Bonchev–Trinajstić information content (AvgIpc) is 1.91. The minimum atomic E-state index is 0.517. The van der Waals surface area contributed by atoms with Gasteiger partial charge in [0, 0.05) is 13.0 Å². The van der Waals surface area contributed by atoms with E-state index in [1.807, 2.05) is 0 Å². The maximum absolute atomic E-state index is 4.98. The smallest absolute Gasteiger partial charge is 0.0559 e. The van der Waals surface area contributed by atoms with Crippen molar-refractivity contribution in [1.29, 1.82) is 0 Å². The summed E-state index contributed by atoms with van der Waals surface area (Å²) in [4.78, 5) is 0. The van der Waals surface area contributed by atoms with Crippen LogP contribution in [0.4, 0.5) is 0 Å². The molecular weight excluding hydrogens is 112 g/mol. The Balaban J connectivity index is 2.31. The third-order valence-electron chi connectivity index (χ3n) is 1.40. The number of rotatable bonds is 2. The van der Waals surface area contributed by atoms with Crippen molar-refractivity contribution >= 4 is 0 Å². The van der Waals surface area contributed by atoms with Crippen LogP contribution in [0.5, 0.6) is 0 Å². The lowest BCUT2D eigenvalue weighted by molar-refractivity contribution is 0.183. The van der Waals surface area contributed by atoms with Gasteiger partial charge in [0.05, 0.1) is 6.61 Å². The molecule has 0 saturated heterocycles. The normalized spacial score (nSPS) is 18.8. The van der Waals surface area contributed by atoms with Crippen LogP contribution in [0.15, 0.2) is 24.3 Å². The summed E-state index contributed by atoms with van der Waals surface area (Å²) in [6.07, 6.45) is 9.79. The SMILES string of the molecule is COCC1C=CCC=C1. The molecule has 0 fully saturated rings. The Morgan fingerprint density at radius 3 is 2.67 bits per heavy atom. The molecule has 0 heterocycles. The Labute approximate surface area is 56.0 Å². The molecule has 0 aliphatic heterocycles. The van der Waals surface area contributed by atoms with Crippen LogP contribution in [0.25, 0.3) is 0 Å². The standard InChI is InChI=1S/C8H12O/c1-9-7-8-5-3-2-4-6-8/h3-6,8H,2,7H2,1H3. The van der Waals surface area contributed by atoms with Crippen molar-refractivity contribution in [3.8, 4) is 0 Å². The Bertz CT molecular complexity index is 113. The summed E-state index contributed by atoms with van der Waals surface area (Å²) in [7, 11) is 1.73. The molecule has 0 unspecified atom stereocenters. The molecule has 0 amide bonds. The predicted octanol–water partition coefficient (Wildman–Crippen LogP) is 1.77. The van der Waals surface area contributed by atoms with Gasteiger partial charge >= 0.3 is 0 Å². The van der Waals surface area contributed by atoms with Gasteiger partial charge in [0.1, 0.15) is 0 Å². The van der Waals surface area contributed by atoms with E-state index in [0.717, 1.165) is 13.0 Å². The first-order chi connectivity index (χ1) is 4.43. The number of hydrogen-bond acceptors (Lipinski definition) is 1. The second-order valence-corrected chi connectivity index (χ2v) is 2.21. The summed E-state index contributed by atoms with van der Waals surface area (Å²) < 4.78 is 4.98. The molecule has 0 atom stereocenters. The van der Waals surface area contributed by atoms with Crippen LogP contribution >= 0.6 is 0 Å². The minimum absolute atomic E-state index is 0.517. The largest absolute Gasteiger partial charge is 0.384 e. The molecule has 0 bridgehead atoms. The Morgan fingerprint density at radius 1 is 1.44 bits per heavy atom. The fraction of sp³-hybridized carbons (Fsp3) is 0.500. The van der Waals surface area contributed by atoms with Gasteiger partial charge in [-0.3, -0.25) is 0 Å². The lowest BCUT2D eigenvalue weighted by atomic mass is 10.1. The zero-order chi connectivity index (χ0) is 6.53. The fourth-order valence-corrected chi connectivity index (χ4v) is 0.953. The molecule has 0 aromatic heterocycles. The molecular formula is C8H12O. The van der Waals surface area contributed by atoms with E-state index in [1.54, 1.807) is 7.11 Å². The molecule has 0 aromatic rings. The molecule has 1 aliphatic carbocycles. The topological polar surface area (TPSA) is 9.23 Å². The maximum Gasteiger partial charge on any atom is 0.0559 e. The quantitative estimate of drug-likeness (QED) is 0.510. The molecule has 0 saturated carbocycles. The third kappa shape index (κ3) is 2.02. The number of allylic oxidation sites excluding steroid dienone is 2. The van der Waals surface area contributed by atoms with Gasteiger partial charge in [-0.25, -0.2) is 0 Å². The van der Waals surface area contributed by atoms with Crippen LogP contribution in [0, 0.1) is 5.92 Å². The van der Waals surface area contributed by atoms with Crippen LogP contribution in [-0.4, -0.2) is 13.7 Å². The maximum atomic E-state index is 4.98. The van der Waals surface area contributed by atoms with Crippen molar-refractivity contribution in [2.45, 2.75) is 6.42 Å².